The van der Waals surface area contributed by atoms with Gasteiger partial charge in [0.2, 0.25) is 0 Å². The molecule has 0 bridgehead atoms. The fourth-order valence-electron chi connectivity index (χ4n) is 3.75. The van der Waals surface area contributed by atoms with E-state index in [2.05, 4.69) is 14.5 Å². The number of aliphatic hydroxyl groups excluding tert-OH is 4. The first-order chi connectivity index (χ1) is 14.6. The second-order valence-electron chi connectivity index (χ2n) is 7.63. The number of hydrogen-bond donors (Lipinski definition) is 13. The Kier molecular flexibility index (Phi) is 8.07. The molecule has 0 aromatic rings. The summed E-state index contributed by atoms with van der Waals surface area (Å²) in [7, 11) is -5.22. The molecule has 186 valence electrons. The van der Waals surface area contributed by atoms with Gasteiger partial charge in [-0.05, 0) is 6.92 Å². The summed E-state index contributed by atoms with van der Waals surface area (Å²) < 4.78 is 27.0. The number of nitrogens with two attached hydrogens (primary N) is 4. The highest BCUT2D eigenvalue weighted by molar-refractivity contribution is 7.46. The van der Waals surface area contributed by atoms with E-state index in [1.807, 2.05) is 0 Å². The zero-order valence-electron chi connectivity index (χ0n) is 16.9. The standard InChI is InChI=1S/C14H29N6O11P/c1-3-14(25,2-21)10(24)11(29-3)30-8-4(19-12(15)16)6(22)5(20-13(17)18)9(7(8)23)31-32(26,27)28/h3-11,21-25H,2H2,1H3,(H4,15,16,19)(H4,17,18,20)(H2,26,27,28)/p+2. The molecule has 2 aliphatic rings. The van der Waals surface area contributed by atoms with E-state index >= 15 is 0 Å². The van der Waals surface area contributed by atoms with Gasteiger partial charge in [-0.3, -0.25) is 37.4 Å². The second kappa shape index (κ2) is 9.70. The average molecular weight is 490 g/mol. The summed E-state index contributed by atoms with van der Waals surface area (Å²) >= 11 is 0. The van der Waals surface area contributed by atoms with Crippen LogP contribution in [0.3, 0.4) is 0 Å². The molecule has 32 heavy (non-hydrogen) atoms. The predicted octanol–water partition coefficient (Wildman–Crippen LogP) is -10.1. The topological polar surface area (TPSA) is 318 Å². The lowest BCUT2D eigenvalue weighted by Gasteiger charge is -2.44. The Labute approximate surface area is 181 Å². The van der Waals surface area contributed by atoms with E-state index in [9.17, 15) is 39.9 Å². The maximum atomic E-state index is 11.5. The van der Waals surface area contributed by atoms with Crippen LogP contribution in [0.4, 0.5) is 0 Å². The van der Waals surface area contributed by atoms with Gasteiger partial charge < -0.3 is 44.8 Å². The molecule has 1 heterocycles. The smallest absolute Gasteiger partial charge is 0.393 e. The van der Waals surface area contributed by atoms with E-state index < -0.39 is 86.9 Å². The molecule has 0 aromatic carbocycles. The first-order valence-electron chi connectivity index (χ1n) is 9.33. The summed E-state index contributed by atoms with van der Waals surface area (Å²) in [6.07, 6.45) is -11.7. The van der Waals surface area contributed by atoms with Gasteiger partial charge in [0.25, 0.3) is 0 Å². The van der Waals surface area contributed by atoms with Gasteiger partial charge in [0, 0.05) is 0 Å². The molecule has 10 atom stereocenters. The van der Waals surface area contributed by atoms with Crippen LogP contribution in [0.5, 0.6) is 0 Å². The van der Waals surface area contributed by atoms with Crippen molar-refractivity contribution >= 4 is 19.7 Å². The van der Waals surface area contributed by atoms with Crippen LogP contribution >= 0.6 is 7.82 Å². The van der Waals surface area contributed by atoms with Gasteiger partial charge in [-0.1, -0.05) is 0 Å². The zero-order valence-corrected chi connectivity index (χ0v) is 17.8. The fraction of sp³-hybridized carbons (Fsp3) is 0.857. The van der Waals surface area contributed by atoms with E-state index in [-0.39, 0.29) is 0 Å². The lowest BCUT2D eigenvalue weighted by molar-refractivity contribution is -0.596. The van der Waals surface area contributed by atoms with Crippen molar-refractivity contribution in [3.8, 4) is 0 Å². The molecule has 1 saturated carbocycles. The molecule has 0 radical (unpaired) electrons. The zero-order chi connectivity index (χ0) is 24.6. The lowest BCUT2D eigenvalue weighted by Crippen LogP contribution is -3.00. The number of rotatable bonds is 7. The molecule has 17 nitrogen and oxygen atoms in total. The maximum Gasteiger partial charge on any atom is 0.470 e. The summed E-state index contributed by atoms with van der Waals surface area (Å²) in [4.78, 5) is 23.3. The minimum absolute atomic E-state index is 0.430. The first-order valence-corrected chi connectivity index (χ1v) is 10.9. The van der Waals surface area contributed by atoms with E-state index in [4.69, 9.17) is 32.4 Å². The maximum absolute atomic E-state index is 11.5. The quantitative estimate of drug-likeness (QED) is 0.0894. The van der Waals surface area contributed by atoms with Gasteiger partial charge >= 0.3 is 19.7 Å². The molecule has 2 rings (SSSR count). The Morgan fingerprint density at radius 1 is 1.03 bits per heavy atom. The molecule has 2 fully saturated rings. The highest BCUT2D eigenvalue weighted by Crippen LogP contribution is 2.41. The Balaban J connectivity index is 2.47. The minimum Gasteiger partial charge on any atom is -0.393 e. The van der Waals surface area contributed by atoms with Gasteiger partial charge in [0.1, 0.15) is 48.2 Å². The van der Waals surface area contributed by atoms with Crippen molar-refractivity contribution in [1.82, 2.24) is 0 Å². The van der Waals surface area contributed by atoms with E-state index in [0.29, 0.717) is 0 Å². The number of aliphatic hydroxyl groups is 5. The third-order valence-corrected chi connectivity index (χ3v) is 5.92. The molecule has 0 spiro atoms. The normalized spacial score (nSPS) is 42.4. The van der Waals surface area contributed by atoms with Crippen molar-refractivity contribution in [1.29, 1.82) is 0 Å². The molecule has 0 amide bonds. The largest absolute Gasteiger partial charge is 0.470 e. The third-order valence-electron chi connectivity index (χ3n) is 5.40. The summed E-state index contributed by atoms with van der Waals surface area (Å²) in [6, 6.07) is -2.89. The number of nitrogens with one attached hydrogen (secondary N) is 2. The molecule has 18 heteroatoms. The minimum atomic E-state index is -5.22. The van der Waals surface area contributed by atoms with Gasteiger partial charge in [-0.25, -0.2) is 4.57 Å². The van der Waals surface area contributed by atoms with Crippen LogP contribution in [0.15, 0.2) is 0 Å². The average Bonchev–Trinajstić information content (AvgIpc) is 2.88. The summed E-state index contributed by atoms with van der Waals surface area (Å²) in [5.74, 6) is -0.902. The van der Waals surface area contributed by atoms with Crippen molar-refractivity contribution in [2.75, 3.05) is 6.61 Å². The van der Waals surface area contributed by atoms with E-state index in [1.165, 1.54) is 6.92 Å². The van der Waals surface area contributed by atoms with Gasteiger partial charge in [-0.15, -0.1) is 0 Å². The monoisotopic (exact) mass is 490 g/mol. The van der Waals surface area contributed by atoms with E-state index in [0.717, 1.165) is 0 Å². The molecular weight excluding hydrogens is 459 g/mol. The highest BCUT2D eigenvalue weighted by Gasteiger charge is 2.59. The van der Waals surface area contributed by atoms with Gasteiger partial charge in [-0.2, -0.15) is 0 Å². The van der Waals surface area contributed by atoms with Crippen LogP contribution in [0.25, 0.3) is 0 Å². The van der Waals surface area contributed by atoms with Crippen molar-refractivity contribution in [3.05, 3.63) is 0 Å². The molecule has 0 aromatic heterocycles. The summed E-state index contributed by atoms with van der Waals surface area (Å²) in [6.45, 7) is 0.452. The SMILES string of the molecule is CC1OC(OC2C(O)C(OP(=O)(O)O)C([NH+]=C(N)N)C(O)C2[NH+]=C(N)N)C(O)C1(O)CO. The number of ether oxygens (including phenoxy) is 2. The Morgan fingerprint density at radius 3 is 1.94 bits per heavy atom. The van der Waals surface area contributed by atoms with Gasteiger partial charge in [0.05, 0.1) is 12.7 Å². The second-order valence-corrected chi connectivity index (χ2v) is 8.83. The molecule has 1 aliphatic heterocycles. The highest BCUT2D eigenvalue weighted by atomic mass is 31.2. The number of phosphoric acid groups is 1. The molecule has 1 saturated heterocycles. The fourth-order valence-corrected chi connectivity index (χ4v) is 4.32. The first kappa shape index (κ1) is 26.6. The van der Waals surface area contributed by atoms with Crippen LogP contribution in [0.2, 0.25) is 0 Å². The van der Waals surface area contributed by atoms with Crippen molar-refractivity contribution in [2.45, 2.75) is 67.5 Å². The Morgan fingerprint density at radius 2 is 1.53 bits per heavy atom. The van der Waals surface area contributed by atoms with Crippen LogP contribution in [0, 0.1) is 0 Å². The van der Waals surface area contributed by atoms with Crippen LogP contribution in [0.1, 0.15) is 6.92 Å². The van der Waals surface area contributed by atoms with Gasteiger partial charge in [0.15, 0.2) is 6.29 Å². The number of guanidine groups is 2. The molecule has 10 unspecified atom stereocenters. The van der Waals surface area contributed by atoms with Crippen LogP contribution in [-0.4, -0.2) is 114 Å². The summed E-state index contributed by atoms with van der Waals surface area (Å²) in [5.41, 5.74) is 19.5. The Hall–Kier alpha value is -1.63. The Bertz CT molecular complexity index is 774. The van der Waals surface area contributed by atoms with Crippen LogP contribution in [-0.2, 0) is 18.6 Å². The summed E-state index contributed by atoms with van der Waals surface area (Å²) in [5, 5.41) is 51.8. The van der Waals surface area contributed by atoms with E-state index in [1.54, 1.807) is 0 Å². The van der Waals surface area contributed by atoms with Crippen molar-refractivity contribution < 1.29 is 63.9 Å². The van der Waals surface area contributed by atoms with Crippen LogP contribution < -0.4 is 32.9 Å². The van der Waals surface area contributed by atoms with Crippen molar-refractivity contribution in [2.24, 2.45) is 22.9 Å². The number of phosphoric ester groups is 1. The lowest BCUT2D eigenvalue weighted by atomic mass is 9.81. The van der Waals surface area contributed by atoms with Crippen molar-refractivity contribution in [3.63, 3.8) is 0 Å². The molecule has 1 aliphatic carbocycles. The molecular formula is C14H31N6O11P+2. The third kappa shape index (κ3) is 5.46. The predicted molar refractivity (Wildman–Crippen MR) is 102 cm³/mol. The number of hydrogen-bond acceptors (Lipinski definition) is 9. The molecule has 17 N–H and O–H groups in total.